The Balaban J connectivity index is 1.79. The van der Waals surface area contributed by atoms with E-state index < -0.39 is 16.0 Å². The van der Waals surface area contributed by atoms with Gasteiger partial charge in [0.1, 0.15) is 22.5 Å². The lowest BCUT2D eigenvalue weighted by molar-refractivity contribution is -0.665. The van der Waals surface area contributed by atoms with Crippen LogP contribution in [-0.4, -0.2) is 35.0 Å². The Labute approximate surface area is 182 Å². The molecule has 0 radical (unpaired) electrons. The third kappa shape index (κ3) is 4.03. The molecule has 1 saturated heterocycles. The zero-order valence-electron chi connectivity index (χ0n) is 14.0. The maximum absolute atomic E-state index is 11.5. The van der Waals surface area contributed by atoms with E-state index in [2.05, 4.69) is 33.5 Å². The molecule has 5 nitrogen and oxygen atoms in total. The van der Waals surface area contributed by atoms with Crippen LogP contribution in [0.5, 0.6) is 0 Å². The van der Waals surface area contributed by atoms with E-state index in [1.165, 1.54) is 4.01 Å². The fourth-order valence-electron chi connectivity index (χ4n) is 3.19. The average Bonchev–Trinajstić information content (AvgIpc) is 3.17. The molecule has 0 aromatic carbocycles. The number of halogens is 2. The highest BCUT2D eigenvalue weighted by molar-refractivity contribution is 9.11. The van der Waals surface area contributed by atoms with Gasteiger partial charge in [0.25, 0.3) is 5.01 Å². The van der Waals surface area contributed by atoms with Crippen LogP contribution in [0.4, 0.5) is 0 Å². The Morgan fingerprint density at radius 2 is 2.22 bits per heavy atom. The van der Waals surface area contributed by atoms with Crippen molar-refractivity contribution < 1.29 is 17.5 Å². The van der Waals surface area contributed by atoms with E-state index in [1.807, 2.05) is 24.3 Å². The van der Waals surface area contributed by atoms with Crippen LogP contribution in [0, 0.1) is 0 Å². The predicted octanol–water partition coefficient (Wildman–Crippen LogP) is 4.31. The number of fused-ring (bicyclic) bond motifs is 2. The summed E-state index contributed by atoms with van der Waals surface area (Å²) >= 11 is 14.5. The summed E-state index contributed by atoms with van der Waals surface area (Å²) in [5.41, 5.74) is 1.15. The van der Waals surface area contributed by atoms with Gasteiger partial charge in [-0.2, -0.15) is 4.57 Å². The summed E-state index contributed by atoms with van der Waals surface area (Å²) in [6.07, 6.45) is 7.57. The first-order valence-corrected chi connectivity index (χ1v) is 13.3. The summed E-state index contributed by atoms with van der Waals surface area (Å²) in [4.78, 5) is 1.65. The van der Waals surface area contributed by atoms with E-state index >= 15 is 0 Å². The van der Waals surface area contributed by atoms with Crippen LogP contribution in [0.2, 0.25) is 0 Å². The van der Waals surface area contributed by atoms with Crippen LogP contribution in [-0.2, 0) is 16.7 Å². The van der Waals surface area contributed by atoms with E-state index in [-0.39, 0.29) is 11.3 Å². The van der Waals surface area contributed by atoms with E-state index in [1.54, 1.807) is 39.3 Å². The van der Waals surface area contributed by atoms with E-state index in [9.17, 15) is 13.0 Å². The van der Waals surface area contributed by atoms with Gasteiger partial charge in [0.2, 0.25) is 5.52 Å². The van der Waals surface area contributed by atoms with Crippen molar-refractivity contribution in [2.24, 2.45) is 0 Å². The third-order valence-corrected chi connectivity index (χ3v) is 9.29. The minimum absolute atomic E-state index is 0.0331. The highest BCUT2D eigenvalue weighted by atomic mass is 79.9. The largest absolute Gasteiger partial charge is 0.747 e. The molecular weight excluding hydrogens is 512 g/mol. The van der Waals surface area contributed by atoms with Crippen LogP contribution in [0.3, 0.4) is 0 Å². The van der Waals surface area contributed by atoms with Crippen molar-refractivity contribution in [3.63, 3.8) is 0 Å². The molecule has 2 atom stereocenters. The van der Waals surface area contributed by atoms with Crippen LogP contribution >= 0.6 is 62.0 Å². The molecule has 0 bridgehead atoms. The fraction of sp³-hybridized carbons (Fsp3) is 0.312. The Hall–Kier alpha value is -0.360. The molecule has 144 valence electrons. The average molecular weight is 526 g/mol. The number of thioether (sulfide) groups is 1. The molecule has 2 aromatic rings. The lowest BCUT2D eigenvalue weighted by Gasteiger charge is -2.28. The van der Waals surface area contributed by atoms with Gasteiger partial charge in [-0.15, -0.1) is 11.3 Å². The van der Waals surface area contributed by atoms with Crippen LogP contribution in [0.1, 0.15) is 11.9 Å². The molecule has 3 heterocycles. The second-order valence-electron chi connectivity index (χ2n) is 6.03. The van der Waals surface area contributed by atoms with Gasteiger partial charge in [-0.1, -0.05) is 40.8 Å². The van der Waals surface area contributed by atoms with Crippen LogP contribution in [0.25, 0.3) is 15.6 Å². The monoisotopic (exact) mass is 524 g/mol. The Morgan fingerprint density at radius 3 is 2.93 bits per heavy atom. The van der Waals surface area contributed by atoms with Gasteiger partial charge in [0.05, 0.1) is 26.2 Å². The number of hydrogen-bond donors (Lipinski definition) is 0. The van der Waals surface area contributed by atoms with Gasteiger partial charge in [-0.25, -0.2) is 8.42 Å². The molecular formula is C16H14BrClN2O3S4. The van der Waals surface area contributed by atoms with Crippen molar-refractivity contribution in [2.45, 2.75) is 24.8 Å². The molecule has 2 aromatic heterocycles. The molecule has 27 heavy (non-hydrogen) atoms. The summed E-state index contributed by atoms with van der Waals surface area (Å²) in [5.74, 6) is -0.571. The molecule has 1 aliphatic carbocycles. The Kier molecular flexibility index (Phi) is 5.52. The van der Waals surface area contributed by atoms with Crippen molar-refractivity contribution in [3.05, 3.63) is 43.1 Å². The zero-order valence-corrected chi connectivity index (χ0v) is 19.6. The summed E-state index contributed by atoms with van der Waals surface area (Å²) < 4.78 is 38.9. The van der Waals surface area contributed by atoms with Gasteiger partial charge in [-0.05, 0) is 35.0 Å². The molecule has 0 amide bonds. The Bertz CT molecular complexity index is 1100. The fourth-order valence-corrected chi connectivity index (χ4v) is 8.81. The maximum Gasteiger partial charge on any atom is 0.266 e. The second-order valence-corrected chi connectivity index (χ2v) is 12.8. The topological polar surface area (TPSA) is 64.3 Å². The first-order chi connectivity index (χ1) is 12.7. The van der Waals surface area contributed by atoms with Gasteiger partial charge in [-0.3, -0.25) is 0 Å². The lowest BCUT2D eigenvalue weighted by Crippen LogP contribution is -2.37. The lowest BCUT2D eigenvalue weighted by atomic mass is 10.1. The van der Waals surface area contributed by atoms with Gasteiger partial charge in [0.15, 0.2) is 4.01 Å². The summed E-state index contributed by atoms with van der Waals surface area (Å²) in [6.45, 7) is 2.87. The first kappa shape index (κ1) is 19.9. The van der Waals surface area contributed by atoms with Crippen molar-refractivity contribution in [3.8, 4) is 0 Å². The number of allylic oxidation sites excluding steroid dienone is 2. The number of thiazole rings is 1. The second kappa shape index (κ2) is 7.47. The van der Waals surface area contributed by atoms with Gasteiger partial charge < -0.3 is 9.45 Å². The van der Waals surface area contributed by atoms with Crippen molar-refractivity contribution in [1.29, 1.82) is 0 Å². The molecule has 0 saturated carbocycles. The standard InChI is InChI=1S/C16H14BrClN2O3S4/c1-2-19-11-6-13(17)25-16(11)26-14(19)7-15-20(8-27(21,22)23)10-5-9(18)3-4-12(10)24-15/h3-7,10,12H,2,8H2,1H3. The number of nitrogens with zero attached hydrogens (tertiary/aromatic N) is 2. The normalized spacial score (nSPS) is 24.1. The van der Waals surface area contributed by atoms with E-state index in [0.717, 1.165) is 25.9 Å². The number of aryl methyl sites for hydroxylation is 1. The summed E-state index contributed by atoms with van der Waals surface area (Å²) in [5, 5.41) is 2.38. The van der Waals surface area contributed by atoms with E-state index in [0.29, 0.717) is 5.03 Å². The highest BCUT2D eigenvalue weighted by Gasteiger charge is 2.38. The summed E-state index contributed by atoms with van der Waals surface area (Å²) in [7, 11) is -4.42. The SMILES string of the molecule is CC[n+]1c(C=C2SC3C=CC(Cl)=CC3N2CS(=O)(=O)[O-])sc2sc(Br)cc21. The maximum atomic E-state index is 11.5. The van der Waals surface area contributed by atoms with Crippen molar-refractivity contribution in [1.82, 2.24) is 4.90 Å². The predicted molar refractivity (Wildman–Crippen MR) is 116 cm³/mol. The quantitative estimate of drug-likeness (QED) is 0.440. The number of thiophene rings is 1. The molecule has 2 aliphatic rings. The first-order valence-electron chi connectivity index (χ1n) is 8.01. The van der Waals surface area contributed by atoms with Crippen molar-refractivity contribution >= 4 is 87.7 Å². The molecule has 2 unspecified atom stereocenters. The smallest absolute Gasteiger partial charge is 0.266 e. The minimum Gasteiger partial charge on any atom is -0.747 e. The minimum atomic E-state index is -4.42. The number of aromatic nitrogens is 1. The molecule has 4 rings (SSSR count). The van der Waals surface area contributed by atoms with Gasteiger partial charge in [0, 0.05) is 11.1 Å². The summed E-state index contributed by atoms with van der Waals surface area (Å²) in [6, 6.07) is 1.85. The molecule has 0 spiro atoms. The van der Waals surface area contributed by atoms with E-state index in [4.69, 9.17) is 11.6 Å². The zero-order chi connectivity index (χ0) is 19.3. The third-order valence-electron chi connectivity index (χ3n) is 4.28. The van der Waals surface area contributed by atoms with Crippen LogP contribution in [0.15, 0.2) is 38.1 Å². The molecule has 1 fully saturated rings. The Morgan fingerprint density at radius 1 is 1.44 bits per heavy atom. The van der Waals surface area contributed by atoms with Crippen LogP contribution < -0.4 is 4.57 Å². The van der Waals surface area contributed by atoms with Gasteiger partial charge >= 0.3 is 0 Å². The number of hydrogen-bond acceptors (Lipinski definition) is 7. The highest BCUT2D eigenvalue weighted by Crippen LogP contribution is 2.44. The van der Waals surface area contributed by atoms with Crippen molar-refractivity contribution in [2.75, 3.05) is 5.88 Å². The molecule has 1 aliphatic heterocycles. The number of rotatable bonds is 4. The molecule has 0 N–H and O–H groups in total. The molecule has 11 heteroatoms.